The van der Waals surface area contributed by atoms with Crippen molar-refractivity contribution in [3.63, 3.8) is 0 Å². The molecule has 0 spiro atoms. The van der Waals surface area contributed by atoms with E-state index in [1.807, 2.05) is 6.08 Å². The molecule has 0 radical (unpaired) electrons. The monoisotopic (exact) mass is 244 g/mol. The average Bonchev–Trinajstić information content (AvgIpc) is 2.31. The lowest BCUT2D eigenvalue weighted by atomic mass is 9.86. The fraction of sp³-hybridized carbons (Fsp3) is 0.846. The second-order valence-electron chi connectivity index (χ2n) is 5.36. The summed E-state index contributed by atoms with van der Waals surface area (Å²) in [6.07, 6.45) is 4.36. The molecule has 0 aromatic rings. The molecule has 1 aliphatic heterocycles. The van der Waals surface area contributed by atoms with Crippen LogP contribution in [0.15, 0.2) is 11.6 Å². The minimum atomic E-state index is 0.245. The van der Waals surface area contributed by atoms with Gasteiger partial charge in [0.2, 0.25) is 0 Å². The van der Waals surface area contributed by atoms with Crippen molar-refractivity contribution < 1.29 is 0 Å². The van der Waals surface area contributed by atoms with Crippen molar-refractivity contribution in [2.75, 3.05) is 19.6 Å². The number of hydrogen-bond donors (Lipinski definition) is 1. The summed E-state index contributed by atoms with van der Waals surface area (Å²) in [5.74, 6) is 0. The zero-order valence-corrected chi connectivity index (χ0v) is 11.8. The second kappa shape index (κ2) is 5.52. The molecule has 1 aliphatic rings. The third-order valence-electron chi connectivity index (χ3n) is 4.16. The molecule has 1 fully saturated rings. The quantitative estimate of drug-likeness (QED) is 0.818. The van der Waals surface area contributed by atoms with Crippen molar-refractivity contribution in [2.24, 2.45) is 0 Å². The summed E-state index contributed by atoms with van der Waals surface area (Å²) in [7, 11) is 0. The van der Waals surface area contributed by atoms with Crippen molar-refractivity contribution in [3.05, 3.63) is 11.6 Å². The van der Waals surface area contributed by atoms with Gasteiger partial charge in [-0.2, -0.15) is 0 Å². The summed E-state index contributed by atoms with van der Waals surface area (Å²) >= 11 is 5.64. The average molecular weight is 245 g/mol. The molecule has 3 heteroatoms. The van der Waals surface area contributed by atoms with Gasteiger partial charge in [0.1, 0.15) is 0 Å². The first kappa shape index (κ1) is 14.0. The third-order valence-corrected chi connectivity index (χ3v) is 4.33. The minimum Gasteiger partial charge on any atom is -0.308 e. The molecule has 0 bridgehead atoms. The van der Waals surface area contributed by atoms with Gasteiger partial charge in [-0.05, 0) is 26.7 Å². The van der Waals surface area contributed by atoms with Gasteiger partial charge in [-0.25, -0.2) is 0 Å². The third kappa shape index (κ3) is 2.99. The van der Waals surface area contributed by atoms with Crippen molar-refractivity contribution in [1.29, 1.82) is 0 Å². The number of rotatable bonds is 4. The number of nitrogens with zero attached hydrogens (tertiary/aromatic N) is 1. The number of halogens is 1. The fourth-order valence-corrected chi connectivity index (χ4v) is 2.30. The summed E-state index contributed by atoms with van der Waals surface area (Å²) in [4.78, 5) is 2.55. The van der Waals surface area contributed by atoms with E-state index in [4.69, 9.17) is 11.6 Å². The first-order chi connectivity index (χ1) is 7.49. The van der Waals surface area contributed by atoms with E-state index in [0.29, 0.717) is 0 Å². The molecule has 1 saturated heterocycles. The Hall–Kier alpha value is -0.0500. The molecule has 0 aromatic carbocycles. The first-order valence-electron chi connectivity index (χ1n) is 6.25. The molecule has 1 heterocycles. The summed E-state index contributed by atoms with van der Waals surface area (Å²) in [6, 6.07) is 0. The molecule has 94 valence electrons. The van der Waals surface area contributed by atoms with Crippen LogP contribution < -0.4 is 5.32 Å². The Kier molecular flexibility index (Phi) is 4.84. The zero-order chi connectivity index (χ0) is 12.2. The van der Waals surface area contributed by atoms with E-state index < -0.39 is 0 Å². The van der Waals surface area contributed by atoms with E-state index in [-0.39, 0.29) is 11.1 Å². The highest BCUT2D eigenvalue weighted by Gasteiger charge is 2.40. The molecular formula is C13H25ClN2. The molecule has 2 nitrogen and oxygen atoms in total. The maximum absolute atomic E-state index is 5.64. The molecule has 16 heavy (non-hydrogen) atoms. The van der Waals surface area contributed by atoms with E-state index in [0.717, 1.165) is 32.5 Å². The molecule has 1 rings (SSSR count). The van der Waals surface area contributed by atoms with Crippen LogP contribution in [0.3, 0.4) is 0 Å². The first-order valence-corrected chi connectivity index (χ1v) is 6.68. The fourth-order valence-electron chi connectivity index (χ4n) is 2.22. The molecule has 0 saturated carbocycles. The van der Waals surface area contributed by atoms with E-state index in [1.165, 1.54) is 0 Å². The molecular weight excluding hydrogens is 220 g/mol. The maximum atomic E-state index is 5.64. The van der Waals surface area contributed by atoms with Crippen molar-refractivity contribution in [3.8, 4) is 0 Å². The lowest BCUT2D eigenvalue weighted by Crippen LogP contribution is -2.67. The SMILES string of the molecule is CCC1(C)CN(C/C=C/Cl)C(C)(CC)CN1. The van der Waals surface area contributed by atoms with Gasteiger partial charge in [0.25, 0.3) is 0 Å². The van der Waals surface area contributed by atoms with Crippen molar-refractivity contribution >= 4 is 11.6 Å². The van der Waals surface area contributed by atoms with Crippen LogP contribution in [0.2, 0.25) is 0 Å². The summed E-state index contributed by atoms with van der Waals surface area (Å²) in [5, 5.41) is 3.69. The lowest BCUT2D eigenvalue weighted by Gasteiger charge is -2.51. The van der Waals surface area contributed by atoms with Gasteiger partial charge in [-0.15, -0.1) is 0 Å². The molecule has 2 unspecified atom stereocenters. The Bertz CT molecular complexity index is 254. The number of piperazine rings is 1. The van der Waals surface area contributed by atoms with Crippen LogP contribution >= 0.6 is 11.6 Å². The van der Waals surface area contributed by atoms with Crippen LogP contribution in [0.4, 0.5) is 0 Å². The molecule has 2 atom stereocenters. The molecule has 0 amide bonds. The zero-order valence-electron chi connectivity index (χ0n) is 11.0. The summed E-state index contributed by atoms with van der Waals surface area (Å²) < 4.78 is 0. The highest BCUT2D eigenvalue weighted by Crippen LogP contribution is 2.28. The lowest BCUT2D eigenvalue weighted by molar-refractivity contribution is 0.0268. The smallest absolute Gasteiger partial charge is 0.0307 e. The van der Waals surface area contributed by atoms with Gasteiger partial charge < -0.3 is 5.32 Å². The van der Waals surface area contributed by atoms with Crippen LogP contribution in [-0.4, -0.2) is 35.6 Å². The standard InChI is InChI=1S/C13H25ClN2/c1-5-12(3)11-16(9-7-8-14)13(4,6-2)10-15-12/h7-8,15H,5-6,9-11H2,1-4H3/b8-7+. The Morgan fingerprint density at radius 2 is 2.00 bits per heavy atom. The Morgan fingerprint density at radius 3 is 2.50 bits per heavy atom. The highest BCUT2D eigenvalue weighted by atomic mass is 35.5. The van der Waals surface area contributed by atoms with Crippen molar-refractivity contribution in [1.82, 2.24) is 10.2 Å². The number of nitrogens with one attached hydrogen (secondary N) is 1. The van der Waals surface area contributed by atoms with Gasteiger partial charge in [0, 0.05) is 36.2 Å². The van der Waals surface area contributed by atoms with Gasteiger partial charge in [0.05, 0.1) is 0 Å². The summed E-state index contributed by atoms with van der Waals surface area (Å²) in [5.41, 5.74) is 2.13. The van der Waals surface area contributed by atoms with Gasteiger partial charge in [0.15, 0.2) is 0 Å². The topological polar surface area (TPSA) is 15.3 Å². The number of hydrogen-bond acceptors (Lipinski definition) is 2. The Morgan fingerprint density at radius 1 is 1.31 bits per heavy atom. The van der Waals surface area contributed by atoms with Crippen LogP contribution in [-0.2, 0) is 0 Å². The van der Waals surface area contributed by atoms with E-state index in [2.05, 4.69) is 37.9 Å². The van der Waals surface area contributed by atoms with E-state index >= 15 is 0 Å². The molecule has 0 aliphatic carbocycles. The van der Waals surface area contributed by atoms with Gasteiger partial charge in [-0.3, -0.25) is 4.90 Å². The molecule has 0 aromatic heterocycles. The van der Waals surface area contributed by atoms with E-state index in [9.17, 15) is 0 Å². The largest absolute Gasteiger partial charge is 0.308 e. The van der Waals surface area contributed by atoms with Gasteiger partial charge in [-0.1, -0.05) is 31.5 Å². The Labute approximate surface area is 105 Å². The predicted molar refractivity (Wildman–Crippen MR) is 72.0 cm³/mol. The van der Waals surface area contributed by atoms with Crippen LogP contribution in [0.25, 0.3) is 0 Å². The maximum Gasteiger partial charge on any atom is 0.0307 e. The van der Waals surface area contributed by atoms with Crippen LogP contribution in [0, 0.1) is 0 Å². The van der Waals surface area contributed by atoms with Crippen molar-refractivity contribution in [2.45, 2.75) is 51.6 Å². The molecule has 1 N–H and O–H groups in total. The normalized spacial score (nSPS) is 37.1. The van der Waals surface area contributed by atoms with Crippen LogP contribution in [0.5, 0.6) is 0 Å². The van der Waals surface area contributed by atoms with Crippen LogP contribution in [0.1, 0.15) is 40.5 Å². The van der Waals surface area contributed by atoms with Gasteiger partial charge >= 0.3 is 0 Å². The minimum absolute atomic E-state index is 0.245. The highest BCUT2D eigenvalue weighted by molar-refractivity contribution is 6.25. The second-order valence-corrected chi connectivity index (χ2v) is 5.61. The summed E-state index contributed by atoms with van der Waals surface area (Å²) in [6.45, 7) is 12.2. The Balaban J connectivity index is 2.77. The predicted octanol–water partition coefficient (Wildman–Crippen LogP) is 2.98. The van der Waals surface area contributed by atoms with E-state index in [1.54, 1.807) is 5.54 Å².